The van der Waals surface area contributed by atoms with E-state index in [0.717, 1.165) is 25.7 Å². The average molecular weight is 584 g/mol. The van der Waals surface area contributed by atoms with Crippen LogP contribution in [0.2, 0.25) is 5.02 Å². The van der Waals surface area contributed by atoms with Gasteiger partial charge in [-0.2, -0.15) is 0 Å². The topological polar surface area (TPSA) is 133 Å². The Hall–Kier alpha value is -3.79. The summed E-state index contributed by atoms with van der Waals surface area (Å²) in [5.41, 5.74) is 1.38. The number of methoxy groups -OCH3 is 2. The van der Waals surface area contributed by atoms with Crippen LogP contribution in [0.4, 0.5) is 5.69 Å². The van der Waals surface area contributed by atoms with Crippen molar-refractivity contribution in [3.05, 3.63) is 53.1 Å². The van der Waals surface area contributed by atoms with Gasteiger partial charge in [0.1, 0.15) is 12.1 Å². The molecular weight excluding hydrogens is 546 g/mol. The van der Waals surface area contributed by atoms with Crippen LogP contribution in [0.25, 0.3) is 0 Å². The number of ether oxygens (including phenoxy) is 2. The molecule has 3 amide bonds. The summed E-state index contributed by atoms with van der Waals surface area (Å²) in [6, 6.07) is 10.8. The maximum Gasteiger partial charge on any atom is 0.249 e. The van der Waals surface area contributed by atoms with Crippen LogP contribution in [0, 0.1) is 11.3 Å². The Morgan fingerprint density at radius 1 is 1.05 bits per heavy atom. The van der Waals surface area contributed by atoms with Crippen molar-refractivity contribution < 1.29 is 23.9 Å². The summed E-state index contributed by atoms with van der Waals surface area (Å²) in [6.45, 7) is 0.465. The molecule has 2 aromatic carbocycles. The predicted octanol–water partition coefficient (Wildman–Crippen LogP) is 3.80. The Labute approximate surface area is 245 Å². The summed E-state index contributed by atoms with van der Waals surface area (Å²) in [5, 5.41) is 17.3. The molecule has 1 aliphatic carbocycles. The first-order chi connectivity index (χ1) is 19.8. The molecule has 1 aliphatic heterocycles. The van der Waals surface area contributed by atoms with Crippen molar-refractivity contribution in [1.29, 1.82) is 5.41 Å². The second-order valence-electron chi connectivity index (χ2n) is 10.5. The fourth-order valence-electron chi connectivity index (χ4n) is 5.54. The van der Waals surface area contributed by atoms with E-state index in [1.807, 2.05) is 6.07 Å². The lowest BCUT2D eigenvalue weighted by atomic mass is 9.84. The molecule has 1 heterocycles. The van der Waals surface area contributed by atoms with E-state index in [9.17, 15) is 14.4 Å². The van der Waals surface area contributed by atoms with E-state index in [1.165, 1.54) is 20.6 Å². The van der Waals surface area contributed by atoms with Crippen molar-refractivity contribution in [2.75, 3.05) is 25.7 Å². The van der Waals surface area contributed by atoms with Crippen LogP contribution in [-0.4, -0.2) is 56.5 Å². The van der Waals surface area contributed by atoms with Crippen LogP contribution < -0.4 is 30.3 Å². The van der Waals surface area contributed by atoms with Crippen LogP contribution >= 0.6 is 11.6 Å². The standard InChI is InChI=1S/C30H38ClN5O5/c1-40-25-12-11-20(16-26(25)41-2)17-27(37)35-30(32)34-24(15-19-7-4-3-5-8-19)28(38)33-23-13-14-36(29(23)39)22-10-6-9-21(31)18-22/h6,9-12,16,18-19,23-24H,3-5,7-8,13-15,17H2,1-2H3,(H,33,38)(H3,32,34,35,37)/t23-,24-/m1/s1. The van der Waals surface area contributed by atoms with Gasteiger partial charge in [-0.1, -0.05) is 55.8 Å². The van der Waals surface area contributed by atoms with E-state index in [-0.39, 0.29) is 24.2 Å². The largest absolute Gasteiger partial charge is 0.493 e. The van der Waals surface area contributed by atoms with Gasteiger partial charge in [-0.15, -0.1) is 0 Å². The first-order valence-corrected chi connectivity index (χ1v) is 14.4. The predicted molar refractivity (Wildman–Crippen MR) is 158 cm³/mol. The molecule has 2 fully saturated rings. The van der Waals surface area contributed by atoms with Gasteiger partial charge in [0, 0.05) is 17.3 Å². The van der Waals surface area contributed by atoms with Crippen molar-refractivity contribution in [2.45, 2.75) is 63.5 Å². The highest BCUT2D eigenvalue weighted by atomic mass is 35.5. The van der Waals surface area contributed by atoms with Crippen LogP contribution in [0.15, 0.2) is 42.5 Å². The highest BCUT2D eigenvalue weighted by molar-refractivity contribution is 6.31. The molecule has 0 aromatic heterocycles. The number of amides is 3. The average Bonchev–Trinajstić information content (AvgIpc) is 3.32. The number of nitrogens with zero attached hydrogens (tertiary/aromatic N) is 1. The van der Waals surface area contributed by atoms with Crippen molar-refractivity contribution in [2.24, 2.45) is 5.92 Å². The number of carbonyl (C=O) groups is 3. The molecule has 2 aliphatic rings. The quantitative estimate of drug-likeness (QED) is 0.248. The van der Waals surface area contributed by atoms with Crippen molar-refractivity contribution in [1.82, 2.24) is 16.0 Å². The summed E-state index contributed by atoms with van der Waals surface area (Å²) in [7, 11) is 3.06. The second-order valence-corrected chi connectivity index (χ2v) is 11.0. The fourth-order valence-corrected chi connectivity index (χ4v) is 5.73. The van der Waals surface area contributed by atoms with Crippen molar-refractivity contribution in [3.63, 3.8) is 0 Å². The molecule has 2 atom stereocenters. The van der Waals surface area contributed by atoms with E-state index in [4.69, 9.17) is 26.5 Å². The molecule has 0 spiro atoms. The Balaban J connectivity index is 1.38. The van der Waals surface area contributed by atoms with Crippen molar-refractivity contribution >= 4 is 41.0 Å². The highest BCUT2D eigenvalue weighted by Gasteiger charge is 2.36. The summed E-state index contributed by atoms with van der Waals surface area (Å²) in [5.74, 6) is 0.157. The molecule has 1 saturated carbocycles. The molecule has 2 aromatic rings. The van der Waals surface area contributed by atoms with Crippen LogP contribution in [0.1, 0.15) is 50.5 Å². The van der Waals surface area contributed by atoms with Gasteiger partial charge >= 0.3 is 0 Å². The smallest absolute Gasteiger partial charge is 0.249 e. The number of benzene rings is 2. The molecule has 11 heteroatoms. The fraction of sp³-hybridized carbons (Fsp3) is 0.467. The van der Waals surface area contributed by atoms with E-state index in [2.05, 4.69) is 16.0 Å². The summed E-state index contributed by atoms with van der Waals surface area (Å²) < 4.78 is 10.5. The Morgan fingerprint density at radius 2 is 1.80 bits per heavy atom. The van der Waals surface area contributed by atoms with E-state index >= 15 is 0 Å². The maximum atomic E-state index is 13.5. The van der Waals surface area contributed by atoms with Gasteiger partial charge < -0.3 is 25.0 Å². The minimum atomic E-state index is -0.764. The van der Waals surface area contributed by atoms with Gasteiger partial charge in [0.25, 0.3) is 0 Å². The van der Waals surface area contributed by atoms with E-state index in [1.54, 1.807) is 41.3 Å². The van der Waals surface area contributed by atoms with Gasteiger partial charge in [-0.3, -0.25) is 25.1 Å². The number of carbonyl (C=O) groups excluding carboxylic acids is 3. The van der Waals surface area contributed by atoms with Gasteiger partial charge in [0.2, 0.25) is 17.7 Å². The number of nitrogens with one attached hydrogen (secondary N) is 4. The normalized spacial score (nSPS) is 18.0. The first kappa shape index (κ1) is 30.2. The Morgan fingerprint density at radius 3 is 2.51 bits per heavy atom. The molecule has 220 valence electrons. The zero-order chi connectivity index (χ0) is 29.4. The SMILES string of the molecule is COc1ccc(CC(=O)NC(=N)N[C@H](CC2CCCCC2)C(=O)N[C@@H]2CCN(c3cccc(Cl)c3)C2=O)cc1OC. The Bertz CT molecular complexity index is 1270. The molecule has 10 nitrogen and oxygen atoms in total. The molecule has 1 saturated heterocycles. The first-order valence-electron chi connectivity index (χ1n) is 14.0. The zero-order valence-electron chi connectivity index (χ0n) is 23.5. The number of hydrogen-bond donors (Lipinski definition) is 4. The summed E-state index contributed by atoms with van der Waals surface area (Å²) >= 11 is 6.10. The van der Waals surface area contributed by atoms with Crippen LogP contribution in [-0.2, 0) is 20.8 Å². The number of halogens is 1. The summed E-state index contributed by atoms with van der Waals surface area (Å²) in [6.07, 6.45) is 6.40. The zero-order valence-corrected chi connectivity index (χ0v) is 24.3. The third kappa shape index (κ3) is 8.13. The van der Waals surface area contributed by atoms with Gasteiger partial charge in [0.05, 0.1) is 20.6 Å². The molecule has 0 unspecified atom stereocenters. The van der Waals surface area contributed by atoms with E-state index < -0.39 is 18.0 Å². The third-order valence-electron chi connectivity index (χ3n) is 7.65. The minimum Gasteiger partial charge on any atom is -0.493 e. The lowest BCUT2D eigenvalue weighted by Gasteiger charge is -2.28. The minimum absolute atomic E-state index is 0.0137. The summed E-state index contributed by atoms with van der Waals surface area (Å²) in [4.78, 5) is 40.9. The molecule has 0 bridgehead atoms. The van der Waals surface area contributed by atoms with Crippen LogP contribution in [0.5, 0.6) is 11.5 Å². The second kappa shape index (κ2) is 14.2. The molecular formula is C30H38ClN5O5. The van der Waals surface area contributed by atoms with E-state index in [0.29, 0.717) is 53.1 Å². The lowest BCUT2D eigenvalue weighted by Crippen LogP contribution is -2.55. The number of rotatable bonds is 10. The molecule has 4 rings (SSSR count). The molecule has 4 N–H and O–H groups in total. The van der Waals surface area contributed by atoms with Crippen LogP contribution in [0.3, 0.4) is 0 Å². The van der Waals surface area contributed by atoms with Gasteiger partial charge in [0.15, 0.2) is 17.5 Å². The Kier molecular flexibility index (Phi) is 10.5. The van der Waals surface area contributed by atoms with Gasteiger partial charge in [-0.05, 0) is 54.7 Å². The van der Waals surface area contributed by atoms with Crippen molar-refractivity contribution in [3.8, 4) is 11.5 Å². The number of anilines is 1. The maximum absolute atomic E-state index is 13.5. The monoisotopic (exact) mass is 583 g/mol. The highest BCUT2D eigenvalue weighted by Crippen LogP contribution is 2.29. The number of hydrogen-bond acceptors (Lipinski definition) is 6. The molecule has 0 radical (unpaired) electrons. The molecule has 41 heavy (non-hydrogen) atoms. The van der Waals surface area contributed by atoms with Gasteiger partial charge in [-0.25, -0.2) is 0 Å². The number of guanidine groups is 1. The third-order valence-corrected chi connectivity index (χ3v) is 7.88. The lowest BCUT2D eigenvalue weighted by molar-refractivity contribution is -0.128.